The Bertz CT molecular complexity index is 1670. The predicted molar refractivity (Wildman–Crippen MR) is 193 cm³/mol. The van der Waals surface area contributed by atoms with E-state index in [1.807, 2.05) is 4.72 Å². The highest BCUT2D eigenvalue weighted by Gasteiger charge is 2.46. The maximum Gasteiger partial charge on any atom is 0.276 e. The molecule has 2 N–H and O–H groups in total. The van der Waals surface area contributed by atoms with Gasteiger partial charge in [0.1, 0.15) is 17.9 Å². The van der Waals surface area contributed by atoms with Crippen molar-refractivity contribution in [2.24, 2.45) is 5.41 Å². The molecular formula is C31H39B5F3N7O5S. The molecule has 3 aliphatic rings. The van der Waals surface area contributed by atoms with E-state index in [0.29, 0.717) is 38.3 Å². The molecular weight excluding hydrogens is 694 g/mol. The van der Waals surface area contributed by atoms with Crippen LogP contribution in [0.3, 0.4) is 0 Å². The Hall–Kier alpha value is -2.73. The molecule has 10 radical (unpaired) electrons. The number of amides is 1. The van der Waals surface area contributed by atoms with Gasteiger partial charge in [-0.05, 0) is 70.8 Å². The van der Waals surface area contributed by atoms with Crippen LogP contribution in [0, 0.1) is 11.2 Å². The van der Waals surface area contributed by atoms with Crippen LogP contribution in [-0.4, -0.2) is 149 Å². The zero-order chi connectivity index (χ0) is 38.1. The van der Waals surface area contributed by atoms with Crippen molar-refractivity contribution in [2.45, 2.75) is 74.6 Å². The highest BCUT2D eigenvalue weighted by atomic mass is 32.2. The predicted octanol–water partition coefficient (Wildman–Crippen LogP) is 0.968. The van der Waals surface area contributed by atoms with Crippen LogP contribution in [0.5, 0.6) is 11.5 Å². The third-order valence-electron chi connectivity index (χ3n) is 9.71. The van der Waals surface area contributed by atoms with E-state index < -0.39 is 57.4 Å². The molecule has 3 saturated heterocycles. The monoisotopic (exact) mass is 733 g/mol. The molecule has 3 aliphatic heterocycles. The molecule has 2 atom stereocenters. The summed E-state index contributed by atoms with van der Waals surface area (Å²) in [6, 6.07) is 2.34. The summed E-state index contributed by atoms with van der Waals surface area (Å²) < 4.78 is 82.4. The number of halogens is 3. The Morgan fingerprint density at radius 3 is 2.42 bits per heavy atom. The Labute approximate surface area is 309 Å². The highest BCUT2D eigenvalue weighted by molar-refractivity contribution is 7.87. The molecule has 21 heteroatoms. The molecule has 270 valence electrons. The van der Waals surface area contributed by atoms with Gasteiger partial charge in [0.15, 0.2) is 11.6 Å². The van der Waals surface area contributed by atoms with Crippen LogP contribution < -0.4 is 19.1 Å². The van der Waals surface area contributed by atoms with E-state index in [-0.39, 0.29) is 35.2 Å². The first kappa shape index (κ1) is 40.5. The Balaban J connectivity index is 1.12. The maximum absolute atomic E-state index is 14.3. The molecule has 0 aliphatic carbocycles. The first-order chi connectivity index (χ1) is 24.3. The van der Waals surface area contributed by atoms with Crippen molar-refractivity contribution in [3.8, 4) is 11.5 Å². The Kier molecular flexibility index (Phi) is 12.4. The summed E-state index contributed by atoms with van der Waals surface area (Å²) >= 11 is 0. The molecule has 1 spiro atoms. The molecule has 5 rings (SSSR count). The summed E-state index contributed by atoms with van der Waals surface area (Å²) in [4.78, 5) is 27.2. The van der Waals surface area contributed by atoms with Gasteiger partial charge in [-0.25, -0.2) is 27.9 Å². The van der Waals surface area contributed by atoms with Crippen molar-refractivity contribution in [2.75, 3.05) is 50.8 Å². The summed E-state index contributed by atoms with van der Waals surface area (Å²) in [7, 11) is 23.5. The lowest BCUT2D eigenvalue weighted by atomic mass is 9.27. The minimum absolute atomic E-state index is 0.00484. The number of aromatic nitrogens is 2. The maximum atomic E-state index is 14.3. The molecule has 1 aromatic heterocycles. The number of alkyl halides is 2. The Morgan fingerprint density at radius 2 is 1.83 bits per heavy atom. The van der Waals surface area contributed by atoms with E-state index in [1.165, 1.54) is 18.6 Å². The van der Waals surface area contributed by atoms with Gasteiger partial charge in [0.25, 0.3) is 22.5 Å². The first-order valence-corrected chi connectivity index (χ1v) is 18.5. The number of nitrogens with zero attached hydrogens (tertiary/aromatic N) is 5. The van der Waals surface area contributed by atoms with E-state index in [1.54, 1.807) is 13.8 Å². The third-order valence-corrected chi connectivity index (χ3v) is 11.0. The number of likely N-dealkylation sites (tertiary alicyclic amines) is 1. The third kappa shape index (κ3) is 9.87. The zero-order valence-electron chi connectivity index (χ0n) is 29.2. The van der Waals surface area contributed by atoms with Crippen LogP contribution in [0.4, 0.5) is 19.0 Å². The van der Waals surface area contributed by atoms with Gasteiger partial charge in [0.2, 0.25) is 0 Å². The molecule has 0 saturated carbocycles. The molecule has 1 amide bonds. The van der Waals surface area contributed by atoms with Crippen molar-refractivity contribution < 1.29 is 35.9 Å². The SMILES string of the molecule is [B]C([B])([B])C([B])([B])NS(=O)(=O)N[C@@H]1CC[C@@H](CN2CCC3(CC2)CN(c2ncncc2Oc2ccc(F)cc2C(=O)N(CC(F)F)C(C)C)C3)OC1. The van der Waals surface area contributed by atoms with E-state index in [2.05, 4.69) is 24.5 Å². The van der Waals surface area contributed by atoms with Crippen LogP contribution in [-0.2, 0) is 14.9 Å². The van der Waals surface area contributed by atoms with Gasteiger partial charge >= 0.3 is 0 Å². The highest BCUT2D eigenvalue weighted by Crippen LogP contribution is 2.45. The van der Waals surface area contributed by atoms with Crippen LogP contribution in [0.15, 0.2) is 30.7 Å². The molecule has 4 heterocycles. The minimum Gasteiger partial charge on any atom is -0.451 e. The lowest BCUT2D eigenvalue weighted by Crippen LogP contribution is -2.62. The van der Waals surface area contributed by atoms with Gasteiger partial charge in [-0.2, -0.15) is 13.1 Å². The number of hydrogen-bond donors (Lipinski definition) is 2. The number of piperidine rings is 1. The first-order valence-electron chi connectivity index (χ1n) is 17.0. The van der Waals surface area contributed by atoms with Gasteiger partial charge in [-0.1, -0.05) is 5.34 Å². The molecule has 0 bridgehead atoms. The topological polar surface area (TPSA) is 129 Å². The van der Waals surface area contributed by atoms with Gasteiger partial charge in [-0.15, -0.1) is 5.11 Å². The van der Waals surface area contributed by atoms with Crippen LogP contribution >= 0.6 is 0 Å². The van der Waals surface area contributed by atoms with E-state index >= 15 is 0 Å². The molecule has 0 unspecified atom stereocenters. The molecule has 12 nitrogen and oxygen atoms in total. The quantitative estimate of drug-likeness (QED) is 0.273. The number of carbonyl (C=O) groups is 1. The van der Waals surface area contributed by atoms with Crippen LogP contribution in [0.1, 0.15) is 49.9 Å². The summed E-state index contributed by atoms with van der Waals surface area (Å²) in [6.07, 6.45) is 3.04. The van der Waals surface area contributed by atoms with E-state index in [0.717, 1.165) is 43.0 Å². The molecule has 3 fully saturated rings. The van der Waals surface area contributed by atoms with Crippen LogP contribution in [0.25, 0.3) is 0 Å². The van der Waals surface area contributed by atoms with Gasteiger partial charge in [0, 0.05) is 37.1 Å². The Morgan fingerprint density at radius 1 is 1.13 bits per heavy atom. The van der Waals surface area contributed by atoms with Gasteiger partial charge in [-0.3, -0.25) is 4.79 Å². The standard InChI is InChI=1S/C31H39B5F3N7O5S/c1-19(2)46(14-26(38)39)28(47)23-11-20(37)3-6-24(23)51-25-12-40-18-41-27(25)45-16-29(17-45)7-9-44(10-8-29)13-22-5-4-21(15-50-22)42-52(48,49)43-31(35,36)30(32,33)34/h3,6,11-12,18-19,21-22,26,42-43H,4-5,7-10,13-17H2,1-2H3/t21-,22+/m1/s1. The number of hydrogen-bond acceptors (Lipinski definition) is 9. The fraction of sp³-hybridized carbons (Fsp3) is 0.645. The molecule has 52 heavy (non-hydrogen) atoms. The number of ether oxygens (including phenoxy) is 2. The van der Waals surface area contributed by atoms with Crippen molar-refractivity contribution >= 4 is 61.2 Å². The summed E-state index contributed by atoms with van der Waals surface area (Å²) in [5.74, 6) is -0.717. The van der Waals surface area contributed by atoms with Gasteiger partial charge in [0.05, 0.1) is 70.2 Å². The molecule has 2 aromatic rings. The summed E-state index contributed by atoms with van der Waals surface area (Å²) in [5.41, 5.74) is -0.124. The second-order valence-corrected chi connectivity index (χ2v) is 15.8. The minimum atomic E-state index is -4.19. The van der Waals surface area contributed by atoms with Crippen LogP contribution in [0.2, 0.25) is 5.11 Å². The summed E-state index contributed by atoms with van der Waals surface area (Å²) in [6.45, 7) is 6.38. The average molecular weight is 733 g/mol. The number of nitrogens with one attached hydrogen (secondary N) is 2. The normalized spacial score (nSPS) is 21.3. The van der Waals surface area contributed by atoms with Crippen molar-refractivity contribution in [1.29, 1.82) is 0 Å². The van der Waals surface area contributed by atoms with Gasteiger partial charge < -0.3 is 24.2 Å². The average Bonchev–Trinajstić information content (AvgIpc) is 3.03. The lowest BCUT2D eigenvalue weighted by molar-refractivity contribution is -0.0299. The second kappa shape index (κ2) is 15.9. The fourth-order valence-electron chi connectivity index (χ4n) is 6.66. The summed E-state index contributed by atoms with van der Waals surface area (Å²) in [5, 5.41) is -4.50. The van der Waals surface area contributed by atoms with E-state index in [4.69, 9.17) is 48.7 Å². The number of anilines is 1. The smallest absolute Gasteiger partial charge is 0.276 e. The number of carbonyl (C=O) groups excluding carboxylic acids is 1. The van der Waals surface area contributed by atoms with Crippen molar-refractivity contribution in [1.82, 2.24) is 29.2 Å². The number of rotatable bonds is 14. The number of benzene rings is 1. The van der Waals surface area contributed by atoms with Crippen molar-refractivity contribution in [3.63, 3.8) is 0 Å². The fourth-order valence-corrected chi connectivity index (χ4v) is 7.96. The van der Waals surface area contributed by atoms with Crippen molar-refractivity contribution in [3.05, 3.63) is 42.1 Å². The van der Waals surface area contributed by atoms with E-state index in [9.17, 15) is 26.4 Å². The largest absolute Gasteiger partial charge is 0.451 e. The lowest BCUT2D eigenvalue weighted by Gasteiger charge is -2.54. The molecule has 1 aromatic carbocycles. The second-order valence-electron chi connectivity index (χ2n) is 14.3. The zero-order valence-corrected chi connectivity index (χ0v) is 30.0.